The van der Waals surface area contributed by atoms with Crippen LogP contribution in [0.2, 0.25) is 5.02 Å². The zero-order chi connectivity index (χ0) is 22.2. The van der Waals surface area contributed by atoms with E-state index in [2.05, 4.69) is 10.6 Å². The Hall–Kier alpha value is -3.26. The van der Waals surface area contributed by atoms with Crippen LogP contribution in [-0.2, 0) is 9.59 Å². The Morgan fingerprint density at radius 2 is 1.87 bits per heavy atom. The molecule has 1 unspecified atom stereocenters. The number of hydrogen-bond donors (Lipinski definition) is 2. The molecule has 2 N–H and O–H groups in total. The van der Waals surface area contributed by atoms with E-state index in [0.29, 0.717) is 28.0 Å². The maximum Gasteiger partial charge on any atom is 0.325 e. The Kier molecular flexibility index (Phi) is 5.49. The number of halogens is 1. The highest BCUT2D eigenvalue weighted by Gasteiger charge is 2.56. The van der Waals surface area contributed by atoms with Crippen molar-refractivity contribution in [1.82, 2.24) is 10.2 Å². The molecule has 2 fully saturated rings. The Labute approximate surface area is 184 Å². The molecule has 1 saturated heterocycles. The molecule has 0 aromatic heterocycles. The third kappa shape index (κ3) is 4.29. The summed E-state index contributed by atoms with van der Waals surface area (Å²) < 4.78 is 11.0. The number of nitrogens with zero attached hydrogens (tertiary/aromatic N) is 1. The van der Waals surface area contributed by atoms with E-state index in [9.17, 15) is 14.4 Å². The average molecular weight is 444 g/mol. The molecule has 1 atom stereocenters. The van der Waals surface area contributed by atoms with E-state index < -0.39 is 24.0 Å². The summed E-state index contributed by atoms with van der Waals surface area (Å²) in [4.78, 5) is 38.6. The molecule has 1 aliphatic heterocycles. The monoisotopic (exact) mass is 443 g/mol. The molecule has 0 radical (unpaired) electrons. The maximum atomic E-state index is 12.7. The predicted molar refractivity (Wildman–Crippen MR) is 115 cm³/mol. The van der Waals surface area contributed by atoms with Gasteiger partial charge in [0.2, 0.25) is 5.91 Å². The number of anilines is 1. The fourth-order valence-electron chi connectivity index (χ4n) is 3.59. The number of amides is 4. The van der Waals surface area contributed by atoms with Crippen molar-refractivity contribution in [2.24, 2.45) is 5.92 Å². The van der Waals surface area contributed by atoms with Crippen LogP contribution in [0.4, 0.5) is 10.5 Å². The van der Waals surface area contributed by atoms with Crippen LogP contribution in [0.5, 0.6) is 17.2 Å². The van der Waals surface area contributed by atoms with Crippen LogP contribution in [0.15, 0.2) is 42.5 Å². The van der Waals surface area contributed by atoms with Gasteiger partial charge in [-0.2, -0.15) is 0 Å². The van der Waals surface area contributed by atoms with Gasteiger partial charge in [-0.25, -0.2) is 4.79 Å². The Bertz CT molecular complexity index is 1040. The number of urea groups is 1. The van der Waals surface area contributed by atoms with E-state index in [0.717, 1.165) is 17.7 Å². The fourth-order valence-corrected chi connectivity index (χ4v) is 3.76. The molecule has 2 aromatic carbocycles. The molecule has 1 heterocycles. The van der Waals surface area contributed by atoms with Gasteiger partial charge in [-0.05, 0) is 68.1 Å². The van der Waals surface area contributed by atoms with Crippen molar-refractivity contribution in [3.63, 3.8) is 0 Å². The van der Waals surface area contributed by atoms with Crippen molar-refractivity contribution < 1.29 is 23.9 Å². The average Bonchev–Trinajstić information content (AvgIpc) is 3.57. The molecule has 4 amide bonds. The first kappa shape index (κ1) is 21.0. The van der Waals surface area contributed by atoms with Crippen molar-refractivity contribution in [2.75, 3.05) is 19.0 Å². The quantitative estimate of drug-likeness (QED) is 0.634. The number of ether oxygens (including phenoxy) is 2. The van der Waals surface area contributed by atoms with Crippen LogP contribution < -0.4 is 20.1 Å². The Balaban J connectivity index is 1.47. The fraction of sp³-hybridized carbons (Fsp3) is 0.318. The number of carbonyl (C=O) groups is 3. The minimum atomic E-state index is -0.934. The normalized spacial score (nSPS) is 20.4. The number of imide groups is 1. The van der Waals surface area contributed by atoms with Gasteiger partial charge in [0.05, 0.1) is 12.8 Å². The second-order valence-corrected chi connectivity index (χ2v) is 8.20. The van der Waals surface area contributed by atoms with E-state index in [4.69, 9.17) is 21.1 Å². The molecule has 2 aliphatic rings. The van der Waals surface area contributed by atoms with E-state index in [1.807, 2.05) is 0 Å². The predicted octanol–water partition coefficient (Wildman–Crippen LogP) is 3.80. The molecule has 4 rings (SSSR count). The first-order valence-corrected chi connectivity index (χ1v) is 10.2. The van der Waals surface area contributed by atoms with E-state index in [1.54, 1.807) is 56.5 Å². The molecule has 8 nitrogen and oxygen atoms in total. The first-order chi connectivity index (χ1) is 14.8. The highest BCUT2D eigenvalue weighted by Crippen LogP contribution is 2.42. The van der Waals surface area contributed by atoms with Crippen molar-refractivity contribution in [1.29, 1.82) is 0 Å². The van der Waals surface area contributed by atoms with E-state index >= 15 is 0 Å². The topological polar surface area (TPSA) is 97.0 Å². The van der Waals surface area contributed by atoms with Crippen LogP contribution >= 0.6 is 11.6 Å². The second-order valence-electron chi connectivity index (χ2n) is 7.76. The second kappa shape index (κ2) is 8.11. The number of carbonyl (C=O) groups excluding carboxylic acids is 3. The third-order valence-corrected chi connectivity index (χ3v) is 5.73. The number of rotatable bonds is 7. The van der Waals surface area contributed by atoms with Crippen LogP contribution in [-0.4, -0.2) is 41.9 Å². The summed E-state index contributed by atoms with van der Waals surface area (Å²) in [5.74, 6) is 0.787. The summed E-state index contributed by atoms with van der Waals surface area (Å²) in [7, 11) is 1.57. The van der Waals surface area contributed by atoms with Crippen LogP contribution in [0.1, 0.15) is 19.8 Å². The molecule has 0 spiro atoms. The third-order valence-electron chi connectivity index (χ3n) is 5.50. The number of benzene rings is 2. The van der Waals surface area contributed by atoms with E-state index in [-0.39, 0.29) is 11.8 Å². The van der Waals surface area contributed by atoms with Crippen molar-refractivity contribution in [3.8, 4) is 17.2 Å². The van der Waals surface area contributed by atoms with Crippen LogP contribution in [0.3, 0.4) is 0 Å². The van der Waals surface area contributed by atoms with Gasteiger partial charge in [0, 0.05) is 5.02 Å². The van der Waals surface area contributed by atoms with Gasteiger partial charge < -0.3 is 20.1 Å². The lowest BCUT2D eigenvalue weighted by Gasteiger charge is -2.21. The zero-order valence-electron chi connectivity index (χ0n) is 17.1. The van der Waals surface area contributed by atoms with Crippen LogP contribution in [0.25, 0.3) is 0 Å². The van der Waals surface area contributed by atoms with Gasteiger partial charge in [-0.3, -0.25) is 14.5 Å². The van der Waals surface area contributed by atoms with Gasteiger partial charge in [0.25, 0.3) is 5.91 Å². The maximum absolute atomic E-state index is 12.7. The summed E-state index contributed by atoms with van der Waals surface area (Å²) in [6.45, 7) is 1.31. The lowest BCUT2D eigenvalue weighted by molar-refractivity contribution is -0.134. The molecular formula is C22H22ClN3O5. The minimum Gasteiger partial charge on any atom is -0.497 e. The summed E-state index contributed by atoms with van der Waals surface area (Å²) in [6, 6.07) is 11.2. The standard InChI is InChI=1S/C22H22ClN3O5/c1-22(13-3-4-13)20(28)26(21(29)25-22)12-19(27)24-17-11-14(23)5-10-18(17)31-16-8-6-15(30-2)7-9-16/h5-11,13H,3-4,12H2,1-2H3,(H,24,27)(H,25,29). The smallest absolute Gasteiger partial charge is 0.325 e. The van der Waals surface area contributed by atoms with Crippen LogP contribution in [0, 0.1) is 5.92 Å². The Morgan fingerprint density at radius 3 is 2.52 bits per heavy atom. The molecule has 2 aromatic rings. The summed E-state index contributed by atoms with van der Waals surface area (Å²) >= 11 is 6.09. The van der Waals surface area contributed by atoms with Crippen molar-refractivity contribution >= 4 is 35.1 Å². The number of nitrogens with one attached hydrogen (secondary N) is 2. The Morgan fingerprint density at radius 1 is 1.19 bits per heavy atom. The van der Waals surface area contributed by atoms with E-state index in [1.165, 1.54) is 0 Å². The summed E-state index contributed by atoms with van der Waals surface area (Å²) in [6.07, 6.45) is 1.77. The van der Waals surface area contributed by atoms with Crippen molar-refractivity contribution in [3.05, 3.63) is 47.5 Å². The largest absolute Gasteiger partial charge is 0.497 e. The zero-order valence-corrected chi connectivity index (χ0v) is 17.9. The molecule has 9 heteroatoms. The first-order valence-electron chi connectivity index (χ1n) is 9.85. The molecule has 0 bridgehead atoms. The molecule has 1 saturated carbocycles. The van der Waals surface area contributed by atoms with Gasteiger partial charge in [0.1, 0.15) is 23.6 Å². The molecule has 31 heavy (non-hydrogen) atoms. The highest BCUT2D eigenvalue weighted by atomic mass is 35.5. The highest BCUT2D eigenvalue weighted by molar-refractivity contribution is 6.31. The SMILES string of the molecule is COc1ccc(Oc2ccc(Cl)cc2NC(=O)CN2C(=O)NC(C)(C3CC3)C2=O)cc1. The lowest BCUT2D eigenvalue weighted by Crippen LogP contribution is -2.46. The van der Waals surface area contributed by atoms with Crippen molar-refractivity contribution in [2.45, 2.75) is 25.3 Å². The summed E-state index contributed by atoms with van der Waals surface area (Å²) in [5.41, 5.74) is -0.610. The van der Waals surface area contributed by atoms with Gasteiger partial charge in [-0.15, -0.1) is 0 Å². The van der Waals surface area contributed by atoms with Gasteiger partial charge >= 0.3 is 6.03 Å². The van der Waals surface area contributed by atoms with Gasteiger partial charge in [-0.1, -0.05) is 11.6 Å². The van der Waals surface area contributed by atoms with Gasteiger partial charge in [0.15, 0.2) is 5.75 Å². The molecule has 162 valence electrons. The lowest BCUT2D eigenvalue weighted by atomic mass is 9.96. The number of hydrogen-bond acceptors (Lipinski definition) is 5. The molecular weight excluding hydrogens is 422 g/mol. The minimum absolute atomic E-state index is 0.120. The summed E-state index contributed by atoms with van der Waals surface area (Å²) in [5, 5.41) is 5.81. The number of methoxy groups -OCH3 is 1. The molecule has 1 aliphatic carbocycles.